The number of nitro benzene ring substituents is 1. The monoisotopic (exact) mass is 268 g/mol. The van der Waals surface area contributed by atoms with E-state index in [9.17, 15) is 15.2 Å². The number of nitrogens with zero attached hydrogens (tertiary/aromatic N) is 1. The van der Waals surface area contributed by atoms with Crippen LogP contribution in [0.1, 0.15) is 12.8 Å². The van der Waals surface area contributed by atoms with Gasteiger partial charge in [0, 0.05) is 12.6 Å². The number of anilines is 1. The zero-order chi connectivity index (χ0) is 13.0. The molecule has 2 N–H and O–H groups in total. The molecule has 1 aromatic carbocycles. The molecular weight excluding hydrogens is 252 g/mol. The fourth-order valence-electron chi connectivity index (χ4n) is 1.97. The number of benzene rings is 1. The van der Waals surface area contributed by atoms with Crippen LogP contribution in [0.2, 0.25) is 0 Å². The molecule has 1 aliphatic heterocycles. The van der Waals surface area contributed by atoms with E-state index in [0.717, 1.165) is 24.3 Å². The van der Waals surface area contributed by atoms with Crippen LogP contribution in [0.5, 0.6) is 0 Å². The summed E-state index contributed by atoms with van der Waals surface area (Å²) in [5.41, 5.74) is -0.227. The first-order valence-corrected chi connectivity index (χ1v) is 7.04. The quantitative estimate of drug-likeness (QED) is 0.647. The largest absolute Gasteiger partial charge is 0.388 e. The maximum absolute atomic E-state index is 10.9. The Kier molecular flexibility index (Phi) is 4.08. The van der Waals surface area contributed by atoms with Gasteiger partial charge in [-0.15, -0.1) is 0 Å². The van der Waals surface area contributed by atoms with Crippen molar-refractivity contribution in [2.45, 2.75) is 18.4 Å². The second kappa shape index (κ2) is 5.58. The molecule has 2 rings (SSSR count). The van der Waals surface area contributed by atoms with Gasteiger partial charge in [-0.3, -0.25) is 10.1 Å². The van der Waals surface area contributed by atoms with Gasteiger partial charge in [-0.25, -0.2) is 0 Å². The van der Waals surface area contributed by atoms with Crippen molar-refractivity contribution >= 4 is 23.1 Å². The van der Waals surface area contributed by atoms with Crippen LogP contribution in [-0.2, 0) is 0 Å². The Labute approximate surface area is 110 Å². The Balaban J connectivity index is 2.03. The molecule has 0 bridgehead atoms. The number of hydrogen-bond donors (Lipinski definition) is 2. The summed E-state index contributed by atoms with van der Waals surface area (Å²) in [6.45, 7) is 0.360. The predicted octanol–water partition coefficient (Wildman–Crippen LogP) is 2.26. The normalized spacial score (nSPS) is 18.3. The molecule has 1 fully saturated rings. The second-order valence-electron chi connectivity index (χ2n) is 4.46. The minimum atomic E-state index is -0.741. The van der Waals surface area contributed by atoms with Gasteiger partial charge in [-0.1, -0.05) is 12.1 Å². The maximum atomic E-state index is 10.9. The van der Waals surface area contributed by atoms with Gasteiger partial charge >= 0.3 is 0 Å². The van der Waals surface area contributed by atoms with E-state index in [4.69, 9.17) is 0 Å². The SMILES string of the molecule is O=[N+]([O-])c1ccccc1NCC1(O)CCSCC1. The lowest BCUT2D eigenvalue weighted by molar-refractivity contribution is -0.384. The Morgan fingerprint density at radius 3 is 2.72 bits per heavy atom. The summed E-state index contributed by atoms with van der Waals surface area (Å²) in [4.78, 5) is 10.4. The van der Waals surface area contributed by atoms with Gasteiger partial charge in [0.2, 0.25) is 0 Å². The number of para-hydroxylation sites is 2. The van der Waals surface area contributed by atoms with E-state index in [2.05, 4.69) is 5.32 Å². The van der Waals surface area contributed by atoms with Crippen LogP contribution in [0.15, 0.2) is 24.3 Å². The predicted molar refractivity (Wildman–Crippen MR) is 73.1 cm³/mol. The fraction of sp³-hybridized carbons (Fsp3) is 0.500. The van der Waals surface area contributed by atoms with Crippen molar-refractivity contribution < 1.29 is 10.0 Å². The van der Waals surface area contributed by atoms with Gasteiger partial charge in [0.1, 0.15) is 5.69 Å². The lowest BCUT2D eigenvalue weighted by atomic mass is 9.97. The third kappa shape index (κ3) is 3.14. The summed E-state index contributed by atoms with van der Waals surface area (Å²) >= 11 is 1.83. The first kappa shape index (κ1) is 13.2. The van der Waals surface area contributed by atoms with Crippen LogP contribution < -0.4 is 5.32 Å². The molecule has 1 saturated heterocycles. The van der Waals surface area contributed by atoms with Crippen molar-refractivity contribution in [3.63, 3.8) is 0 Å². The molecule has 0 saturated carbocycles. The van der Waals surface area contributed by atoms with Crippen molar-refractivity contribution in [2.75, 3.05) is 23.4 Å². The highest BCUT2D eigenvalue weighted by Gasteiger charge is 2.29. The van der Waals surface area contributed by atoms with Gasteiger partial charge in [0.25, 0.3) is 5.69 Å². The first-order valence-electron chi connectivity index (χ1n) is 5.88. The third-order valence-corrected chi connectivity index (χ3v) is 4.12. The summed E-state index contributed by atoms with van der Waals surface area (Å²) < 4.78 is 0. The van der Waals surface area contributed by atoms with Crippen LogP contribution in [0.4, 0.5) is 11.4 Å². The highest BCUT2D eigenvalue weighted by molar-refractivity contribution is 7.99. The molecule has 98 valence electrons. The molecule has 6 heteroatoms. The zero-order valence-electron chi connectivity index (χ0n) is 9.96. The van der Waals surface area contributed by atoms with Crippen LogP contribution in [0, 0.1) is 10.1 Å². The molecule has 5 nitrogen and oxygen atoms in total. The van der Waals surface area contributed by atoms with E-state index in [1.54, 1.807) is 18.2 Å². The molecular formula is C12H16N2O3S. The Morgan fingerprint density at radius 1 is 1.39 bits per heavy atom. The Bertz CT molecular complexity index is 433. The highest BCUT2D eigenvalue weighted by Crippen LogP contribution is 2.29. The molecule has 18 heavy (non-hydrogen) atoms. The van der Waals surface area contributed by atoms with Crippen molar-refractivity contribution in [1.82, 2.24) is 0 Å². The standard InChI is InChI=1S/C12H16N2O3S/c15-12(5-7-18-8-6-12)9-13-10-3-1-2-4-11(10)14(16)17/h1-4,13,15H,5-9H2. The highest BCUT2D eigenvalue weighted by atomic mass is 32.2. The van der Waals surface area contributed by atoms with Crippen LogP contribution in [0.25, 0.3) is 0 Å². The number of hydrogen-bond acceptors (Lipinski definition) is 5. The van der Waals surface area contributed by atoms with Gasteiger partial charge in [0.05, 0.1) is 10.5 Å². The van der Waals surface area contributed by atoms with E-state index in [-0.39, 0.29) is 5.69 Å². The molecule has 1 aromatic rings. The molecule has 0 aliphatic carbocycles. The molecule has 0 unspecified atom stereocenters. The van der Waals surface area contributed by atoms with Crippen LogP contribution >= 0.6 is 11.8 Å². The summed E-state index contributed by atoms with van der Waals surface area (Å²) in [6, 6.07) is 6.51. The number of nitrogens with one attached hydrogen (secondary N) is 1. The smallest absolute Gasteiger partial charge is 0.292 e. The lowest BCUT2D eigenvalue weighted by Crippen LogP contribution is -2.40. The average molecular weight is 268 g/mol. The van der Waals surface area contributed by atoms with Crippen LogP contribution in [-0.4, -0.2) is 33.7 Å². The molecule has 0 atom stereocenters. The second-order valence-corrected chi connectivity index (χ2v) is 5.69. The summed E-state index contributed by atoms with van der Waals surface area (Å²) in [6.07, 6.45) is 1.45. The summed E-state index contributed by atoms with van der Waals surface area (Å²) in [7, 11) is 0. The first-order chi connectivity index (χ1) is 8.61. The van der Waals surface area contributed by atoms with Gasteiger partial charge in [-0.2, -0.15) is 11.8 Å². The van der Waals surface area contributed by atoms with Gasteiger partial charge < -0.3 is 10.4 Å². The number of aliphatic hydroxyl groups is 1. The van der Waals surface area contributed by atoms with Crippen molar-refractivity contribution in [3.05, 3.63) is 34.4 Å². The molecule has 0 aromatic heterocycles. The van der Waals surface area contributed by atoms with E-state index in [1.165, 1.54) is 6.07 Å². The van der Waals surface area contributed by atoms with Crippen molar-refractivity contribution in [2.24, 2.45) is 0 Å². The number of rotatable bonds is 4. The van der Waals surface area contributed by atoms with Crippen molar-refractivity contribution in [1.29, 1.82) is 0 Å². The van der Waals surface area contributed by atoms with E-state index in [0.29, 0.717) is 12.2 Å². The van der Waals surface area contributed by atoms with Gasteiger partial charge in [0.15, 0.2) is 0 Å². The van der Waals surface area contributed by atoms with E-state index >= 15 is 0 Å². The topological polar surface area (TPSA) is 75.4 Å². The molecule has 0 radical (unpaired) electrons. The summed E-state index contributed by atoms with van der Waals surface area (Å²) in [5, 5.41) is 24.2. The maximum Gasteiger partial charge on any atom is 0.292 e. The van der Waals surface area contributed by atoms with Crippen LogP contribution in [0.3, 0.4) is 0 Å². The van der Waals surface area contributed by atoms with E-state index in [1.807, 2.05) is 11.8 Å². The lowest BCUT2D eigenvalue weighted by Gasteiger charge is -2.32. The molecule has 0 amide bonds. The third-order valence-electron chi connectivity index (χ3n) is 3.13. The number of nitro groups is 1. The fourth-order valence-corrected chi connectivity index (χ4v) is 3.22. The Hall–Kier alpha value is -1.27. The van der Waals surface area contributed by atoms with Gasteiger partial charge in [-0.05, 0) is 30.4 Å². The minimum absolute atomic E-state index is 0.0475. The summed E-state index contributed by atoms with van der Waals surface area (Å²) in [5.74, 6) is 1.88. The zero-order valence-corrected chi connectivity index (χ0v) is 10.8. The molecule has 1 aliphatic rings. The molecule has 1 heterocycles. The van der Waals surface area contributed by atoms with Crippen molar-refractivity contribution in [3.8, 4) is 0 Å². The number of thioether (sulfide) groups is 1. The minimum Gasteiger partial charge on any atom is -0.388 e. The Morgan fingerprint density at radius 2 is 2.06 bits per heavy atom. The molecule has 0 spiro atoms. The average Bonchev–Trinajstić information content (AvgIpc) is 2.38. The van der Waals surface area contributed by atoms with E-state index < -0.39 is 10.5 Å².